The van der Waals surface area contributed by atoms with Crippen LogP contribution in [0, 0.1) is 0 Å². The maximum atomic E-state index is 11.2. The molecular formula is C10H14N2O3S. The number of hydrogen-bond donors (Lipinski definition) is 3. The second-order valence-electron chi connectivity index (χ2n) is 3.30. The molecule has 0 saturated heterocycles. The maximum absolute atomic E-state index is 11.2. The van der Waals surface area contributed by atoms with Gasteiger partial charge in [0.05, 0.1) is 6.04 Å². The number of hydrogen-bond acceptors (Lipinski definition) is 4. The first kappa shape index (κ1) is 12.7. The minimum atomic E-state index is -0.931. The number of likely N-dealkylation sites (N-methyl/N-ethyl adjacent to an activating group) is 1. The molecule has 88 valence electrons. The van der Waals surface area contributed by atoms with Crippen LogP contribution in [0.15, 0.2) is 11.4 Å². The van der Waals surface area contributed by atoms with Crippen LogP contribution >= 0.6 is 11.3 Å². The van der Waals surface area contributed by atoms with E-state index < -0.39 is 5.97 Å². The standard InChI is InChI=1S/C10H14N2O3S/c1-6(9(13)11-2)12-5-7-3-4-16-8(7)10(14)15/h3-4,6,12H,5H2,1-2H3,(H,11,13)(H,14,15). The predicted octanol–water partition coefficient (Wildman–Crippen LogP) is 0.670. The van der Waals surface area contributed by atoms with Crippen molar-refractivity contribution in [3.8, 4) is 0 Å². The Hall–Kier alpha value is -1.40. The fourth-order valence-corrected chi connectivity index (χ4v) is 2.00. The van der Waals surface area contributed by atoms with E-state index in [-0.39, 0.29) is 11.9 Å². The van der Waals surface area contributed by atoms with Gasteiger partial charge in [0, 0.05) is 13.6 Å². The Kier molecular flexibility index (Phi) is 4.45. The average molecular weight is 242 g/mol. The number of amides is 1. The van der Waals surface area contributed by atoms with E-state index in [2.05, 4.69) is 10.6 Å². The van der Waals surface area contributed by atoms with Crippen LogP contribution in [0.1, 0.15) is 22.2 Å². The summed E-state index contributed by atoms with van der Waals surface area (Å²) in [5.41, 5.74) is 0.702. The molecule has 0 radical (unpaired) electrons. The van der Waals surface area contributed by atoms with Gasteiger partial charge in [0.15, 0.2) is 0 Å². The molecule has 6 heteroatoms. The highest BCUT2D eigenvalue weighted by Gasteiger charge is 2.14. The molecule has 5 nitrogen and oxygen atoms in total. The molecule has 1 aromatic rings. The van der Waals surface area contributed by atoms with E-state index in [4.69, 9.17) is 5.11 Å². The third-order valence-corrected chi connectivity index (χ3v) is 3.12. The van der Waals surface area contributed by atoms with E-state index in [1.54, 1.807) is 25.4 Å². The molecule has 1 aromatic heterocycles. The summed E-state index contributed by atoms with van der Waals surface area (Å²) < 4.78 is 0. The molecule has 0 fully saturated rings. The molecule has 0 aliphatic heterocycles. The van der Waals surface area contributed by atoms with Crippen molar-refractivity contribution in [1.82, 2.24) is 10.6 Å². The molecular weight excluding hydrogens is 228 g/mol. The van der Waals surface area contributed by atoms with Crippen LogP contribution < -0.4 is 10.6 Å². The van der Waals surface area contributed by atoms with E-state index in [9.17, 15) is 9.59 Å². The van der Waals surface area contributed by atoms with Crippen molar-refractivity contribution in [2.75, 3.05) is 7.05 Å². The summed E-state index contributed by atoms with van der Waals surface area (Å²) in [7, 11) is 1.56. The molecule has 1 amide bonds. The van der Waals surface area contributed by atoms with Gasteiger partial charge in [-0.3, -0.25) is 4.79 Å². The minimum Gasteiger partial charge on any atom is -0.477 e. The van der Waals surface area contributed by atoms with Crippen LogP contribution in [-0.2, 0) is 11.3 Å². The van der Waals surface area contributed by atoms with Gasteiger partial charge in [-0.25, -0.2) is 4.79 Å². The van der Waals surface area contributed by atoms with Gasteiger partial charge in [-0.15, -0.1) is 11.3 Å². The Morgan fingerprint density at radius 2 is 2.25 bits per heavy atom. The minimum absolute atomic E-state index is 0.118. The topological polar surface area (TPSA) is 78.4 Å². The molecule has 0 aliphatic rings. The third-order valence-electron chi connectivity index (χ3n) is 2.18. The van der Waals surface area contributed by atoms with Gasteiger partial charge in [-0.2, -0.15) is 0 Å². The number of carboxylic acids is 1. The largest absolute Gasteiger partial charge is 0.477 e. The molecule has 0 spiro atoms. The zero-order chi connectivity index (χ0) is 12.1. The first-order valence-corrected chi connectivity index (χ1v) is 5.69. The van der Waals surface area contributed by atoms with E-state index in [1.807, 2.05) is 0 Å². The van der Waals surface area contributed by atoms with Gasteiger partial charge in [0.2, 0.25) is 5.91 Å². The Morgan fingerprint density at radius 1 is 1.56 bits per heavy atom. The van der Waals surface area contributed by atoms with Crippen LogP contribution in [-0.4, -0.2) is 30.1 Å². The Balaban J connectivity index is 2.58. The van der Waals surface area contributed by atoms with E-state index in [1.165, 1.54) is 11.3 Å². The van der Waals surface area contributed by atoms with Gasteiger partial charge in [-0.1, -0.05) is 0 Å². The van der Waals surface area contributed by atoms with Crippen LogP contribution in [0.4, 0.5) is 0 Å². The summed E-state index contributed by atoms with van der Waals surface area (Å²) in [5, 5.41) is 16.1. The molecule has 0 bridgehead atoms. The Bertz CT molecular complexity index is 389. The SMILES string of the molecule is CNC(=O)C(C)NCc1ccsc1C(=O)O. The lowest BCUT2D eigenvalue weighted by molar-refractivity contribution is -0.122. The van der Waals surface area contributed by atoms with E-state index in [0.29, 0.717) is 17.0 Å². The smallest absolute Gasteiger partial charge is 0.346 e. The summed E-state index contributed by atoms with van der Waals surface area (Å²) in [6, 6.07) is 1.41. The molecule has 16 heavy (non-hydrogen) atoms. The zero-order valence-electron chi connectivity index (χ0n) is 9.11. The normalized spacial score (nSPS) is 12.1. The fourth-order valence-electron chi connectivity index (χ4n) is 1.23. The molecule has 0 aromatic carbocycles. The van der Waals surface area contributed by atoms with E-state index in [0.717, 1.165) is 0 Å². The number of nitrogens with one attached hydrogen (secondary N) is 2. The Morgan fingerprint density at radius 3 is 2.81 bits per heavy atom. The highest BCUT2D eigenvalue weighted by Crippen LogP contribution is 2.16. The lowest BCUT2D eigenvalue weighted by Crippen LogP contribution is -2.40. The van der Waals surface area contributed by atoms with Gasteiger partial charge in [0.25, 0.3) is 0 Å². The van der Waals surface area contributed by atoms with Crippen molar-refractivity contribution in [1.29, 1.82) is 0 Å². The highest BCUT2D eigenvalue weighted by molar-refractivity contribution is 7.12. The maximum Gasteiger partial charge on any atom is 0.346 e. The molecule has 1 rings (SSSR count). The molecule has 1 heterocycles. The second-order valence-corrected chi connectivity index (χ2v) is 4.21. The van der Waals surface area contributed by atoms with Crippen LogP contribution in [0.5, 0.6) is 0 Å². The monoisotopic (exact) mass is 242 g/mol. The number of thiophene rings is 1. The van der Waals surface area contributed by atoms with Crippen molar-refractivity contribution in [2.24, 2.45) is 0 Å². The van der Waals surface area contributed by atoms with E-state index >= 15 is 0 Å². The average Bonchev–Trinajstić information content (AvgIpc) is 2.72. The van der Waals surface area contributed by atoms with Gasteiger partial charge in [-0.05, 0) is 23.9 Å². The summed E-state index contributed by atoms with van der Waals surface area (Å²) in [5.74, 6) is -1.05. The highest BCUT2D eigenvalue weighted by atomic mass is 32.1. The fraction of sp³-hybridized carbons (Fsp3) is 0.400. The molecule has 1 unspecified atom stereocenters. The van der Waals surface area contributed by atoms with Gasteiger partial charge < -0.3 is 15.7 Å². The van der Waals surface area contributed by atoms with Crippen molar-refractivity contribution in [3.63, 3.8) is 0 Å². The van der Waals surface area contributed by atoms with Crippen molar-refractivity contribution >= 4 is 23.2 Å². The second kappa shape index (κ2) is 5.62. The number of rotatable bonds is 5. The summed E-state index contributed by atoms with van der Waals surface area (Å²) >= 11 is 1.18. The first-order valence-electron chi connectivity index (χ1n) is 4.81. The van der Waals surface area contributed by atoms with Crippen molar-refractivity contribution in [3.05, 3.63) is 21.9 Å². The quantitative estimate of drug-likeness (QED) is 0.709. The summed E-state index contributed by atoms with van der Waals surface area (Å²) in [6.45, 7) is 2.10. The lowest BCUT2D eigenvalue weighted by Gasteiger charge is -2.11. The molecule has 0 saturated carbocycles. The number of carbonyl (C=O) groups is 2. The summed E-state index contributed by atoms with van der Waals surface area (Å²) in [4.78, 5) is 22.3. The van der Waals surface area contributed by atoms with Gasteiger partial charge in [0.1, 0.15) is 4.88 Å². The zero-order valence-corrected chi connectivity index (χ0v) is 9.93. The van der Waals surface area contributed by atoms with Gasteiger partial charge >= 0.3 is 5.97 Å². The molecule has 3 N–H and O–H groups in total. The lowest BCUT2D eigenvalue weighted by atomic mass is 10.2. The number of carboxylic acid groups (broad SMARTS) is 1. The predicted molar refractivity (Wildman–Crippen MR) is 61.6 cm³/mol. The summed E-state index contributed by atoms with van der Waals surface area (Å²) in [6.07, 6.45) is 0. The first-order chi connectivity index (χ1) is 7.56. The molecule has 0 aliphatic carbocycles. The van der Waals surface area contributed by atoms with Crippen LogP contribution in [0.2, 0.25) is 0 Å². The number of carbonyl (C=O) groups excluding carboxylic acids is 1. The number of aromatic carboxylic acids is 1. The van der Waals surface area contributed by atoms with Crippen LogP contribution in [0.3, 0.4) is 0 Å². The van der Waals surface area contributed by atoms with Crippen LogP contribution in [0.25, 0.3) is 0 Å². The van der Waals surface area contributed by atoms with Crippen molar-refractivity contribution in [2.45, 2.75) is 19.5 Å². The third kappa shape index (κ3) is 3.04. The molecule has 1 atom stereocenters. The van der Waals surface area contributed by atoms with Crippen molar-refractivity contribution < 1.29 is 14.7 Å². The Labute approximate surface area is 97.5 Å².